The molecule has 0 saturated carbocycles. The van der Waals surface area contributed by atoms with Gasteiger partial charge in [0, 0.05) is 17.6 Å². The molecule has 2 aromatic rings. The number of carbonyl (C=O) groups excluding carboxylic acids is 1. The molecule has 3 heterocycles. The van der Waals surface area contributed by atoms with E-state index >= 15 is 0 Å². The lowest BCUT2D eigenvalue weighted by Gasteiger charge is -2.24. The molecule has 2 amide bonds. The van der Waals surface area contributed by atoms with E-state index in [9.17, 15) is 4.79 Å². The number of rotatable bonds is 3. The van der Waals surface area contributed by atoms with Crippen LogP contribution in [0.4, 0.5) is 4.79 Å². The van der Waals surface area contributed by atoms with Gasteiger partial charge in [0.1, 0.15) is 5.82 Å². The van der Waals surface area contributed by atoms with Gasteiger partial charge in [-0.05, 0) is 37.3 Å². The predicted octanol–water partition coefficient (Wildman–Crippen LogP) is 2.89. The van der Waals surface area contributed by atoms with Crippen LogP contribution in [0.5, 0.6) is 0 Å². The van der Waals surface area contributed by atoms with E-state index in [-0.39, 0.29) is 12.1 Å². The Morgan fingerprint density at radius 2 is 2.43 bits per heavy atom. The van der Waals surface area contributed by atoms with Crippen LogP contribution in [0.2, 0.25) is 0 Å². The average molecular weight is 302 g/mol. The van der Waals surface area contributed by atoms with Crippen LogP contribution in [0.15, 0.2) is 29.8 Å². The highest BCUT2D eigenvalue weighted by molar-refractivity contribution is 7.10. The van der Waals surface area contributed by atoms with E-state index in [4.69, 9.17) is 0 Å². The number of urea groups is 1. The summed E-state index contributed by atoms with van der Waals surface area (Å²) in [4.78, 5) is 23.9. The molecule has 1 aliphatic rings. The number of thiophene rings is 1. The lowest BCUT2D eigenvalue weighted by atomic mass is 10.2. The van der Waals surface area contributed by atoms with Crippen molar-refractivity contribution in [1.29, 1.82) is 0 Å². The average Bonchev–Trinajstić information content (AvgIpc) is 3.14. The number of aryl methyl sites for hydroxylation is 1. The molecule has 21 heavy (non-hydrogen) atoms. The zero-order valence-electron chi connectivity index (χ0n) is 12.0. The van der Waals surface area contributed by atoms with Crippen LogP contribution in [-0.2, 0) is 6.54 Å². The third-order valence-corrected chi connectivity index (χ3v) is 4.61. The van der Waals surface area contributed by atoms with Gasteiger partial charge in [-0.25, -0.2) is 14.8 Å². The molecule has 0 bridgehead atoms. The second kappa shape index (κ2) is 6.22. The Kier molecular flexibility index (Phi) is 4.15. The fourth-order valence-electron chi connectivity index (χ4n) is 2.66. The second-order valence-corrected chi connectivity index (χ2v) is 6.10. The van der Waals surface area contributed by atoms with Gasteiger partial charge < -0.3 is 10.2 Å². The molecule has 1 atom stereocenters. The minimum atomic E-state index is -0.0119. The molecule has 0 spiro atoms. The fraction of sp³-hybridized carbons (Fsp3) is 0.400. The number of likely N-dealkylation sites (tertiary alicyclic amines) is 1. The summed E-state index contributed by atoms with van der Waals surface area (Å²) in [5.41, 5.74) is 0.836. The van der Waals surface area contributed by atoms with E-state index < -0.39 is 0 Å². The molecule has 2 aromatic heterocycles. The highest BCUT2D eigenvalue weighted by Gasteiger charge is 2.30. The number of hydrogen-bond acceptors (Lipinski definition) is 4. The largest absolute Gasteiger partial charge is 0.332 e. The van der Waals surface area contributed by atoms with Crippen molar-refractivity contribution < 1.29 is 4.79 Å². The molecule has 5 nitrogen and oxygen atoms in total. The minimum absolute atomic E-state index is 0.0119. The van der Waals surface area contributed by atoms with Crippen molar-refractivity contribution in [2.75, 3.05) is 6.54 Å². The van der Waals surface area contributed by atoms with Crippen LogP contribution in [0.3, 0.4) is 0 Å². The van der Waals surface area contributed by atoms with Crippen LogP contribution < -0.4 is 5.32 Å². The van der Waals surface area contributed by atoms with Crippen molar-refractivity contribution in [2.24, 2.45) is 0 Å². The fourth-order valence-corrected chi connectivity index (χ4v) is 3.53. The Balaban J connectivity index is 1.62. The number of nitrogens with zero attached hydrogens (tertiary/aromatic N) is 3. The molecule has 1 saturated heterocycles. The summed E-state index contributed by atoms with van der Waals surface area (Å²) < 4.78 is 0. The van der Waals surface area contributed by atoms with Crippen LogP contribution in [-0.4, -0.2) is 27.4 Å². The third-order valence-electron chi connectivity index (χ3n) is 3.64. The van der Waals surface area contributed by atoms with E-state index in [1.165, 1.54) is 4.88 Å². The zero-order valence-corrected chi connectivity index (χ0v) is 12.8. The molecule has 110 valence electrons. The first kappa shape index (κ1) is 14.0. The summed E-state index contributed by atoms with van der Waals surface area (Å²) in [6, 6.07) is 6.18. The van der Waals surface area contributed by atoms with Crippen molar-refractivity contribution in [3.8, 4) is 0 Å². The number of aromatic nitrogens is 2. The Morgan fingerprint density at radius 3 is 3.19 bits per heavy atom. The molecule has 6 heteroatoms. The van der Waals surface area contributed by atoms with Gasteiger partial charge in [0.2, 0.25) is 0 Å². The van der Waals surface area contributed by atoms with E-state index in [2.05, 4.69) is 26.7 Å². The normalized spacial score (nSPS) is 18.0. The molecular weight excluding hydrogens is 284 g/mol. The minimum Gasteiger partial charge on any atom is -0.332 e. The maximum Gasteiger partial charge on any atom is 0.318 e. The highest BCUT2D eigenvalue weighted by Crippen LogP contribution is 2.34. The van der Waals surface area contributed by atoms with Gasteiger partial charge in [0.05, 0.1) is 18.3 Å². The second-order valence-electron chi connectivity index (χ2n) is 5.12. The van der Waals surface area contributed by atoms with Crippen LogP contribution in [0.1, 0.15) is 35.3 Å². The van der Waals surface area contributed by atoms with Gasteiger partial charge in [-0.1, -0.05) is 6.07 Å². The monoisotopic (exact) mass is 302 g/mol. The predicted molar refractivity (Wildman–Crippen MR) is 82.0 cm³/mol. The van der Waals surface area contributed by atoms with E-state index in [1.54, 1.807) is 17.5 Å². The molecule has 1 fully saturated rings. The van der Waals surface area contributed by atoms with Crippen LogP contribution >= 0.6 is 11.3 Å². The SMILES string of the molecule is Cc1nccc(CNC(=O)N2CCCC2c2cccs2)n1. The lowest BCUT2D eigenvalue weighted by molar-refractivity contribution is 0.193. The van der Waals surface area contributed by atoms with Crippen molar-refractivity contribution in [3.05, 3.63) is 46.2 Å². The smallest absolute Gasteiger partial charge is 0.318 e. The number of carbonyl (C=O) groups is 1. The Morgan fingerprint density at radius 1 is 1.52 bits per heavy atom. The Hall–Kier alpha value is -1.95. The first-order valence-corrected chi connectivity index (χ1v) is 7.98. The van der Waals surface area contributed by atoms with Gasteiger partial charge >= 0.3 is 6.03 Å². The maximum absolute atomic E-state index is 12.4. The lowest BCUT2D eigenvalue weighted by Crippen LogP contribution is -2.39. The summed E-state index contributed by atoms with van der Waals surface area (Å²) >= 11 is 1.72. The molecular formula is C15H18N4OS. The Bertz CT molecular complexity index is 614. The van der Waals surface area contributed by atoms with Crippen molar-refractivity contribution in [2.45, 2.75) is 32.4 Å². The van der Waals surface area contributed by atoms with Crippen molar-refractivity contribution in [1.82, 2.24) is 20.2 Å². The van der Waals surface area contributed by atoms with Gasteiger partial charge in [0.15, 0.2) is 0 Å². The molecule has 3 rings (SSSR count). The topological polar surface area (TPSA) is 58.1 Å². The first-order chi connectivity index (χ1) is 10.2. The summed E-state index contributed by atoms with van der Waals surface area (Å²) in [5, 5.41) is 5.02. The summed E-state index contributed by atoms with van der Waals surface area (Å²) in [6.07, 6.45) is 3.82. The van der Waals surface area contributed by atoms with Crippen LogP contribution in [0, 0.1) is 6.92 Å². The standard InChI is InChI=1S/C15H18N4OS/c1-11-16-7-6-12(18-11)10-17-15(20)19-8-2-4-13(19)14-5-3-9-21-14/h3,5-7,9,13H,2,4,8,10H2,1H3,(H,17,20). The van der Waals surface area contributed by atoms with Gasteiger partial charge in [0.25, 0.3) is 0 Å². The van der Waals surface area contributed by atoms with E-state index in [0.29, 0.717) is 6.54 Å². The zero-order chi connectivity index (χ0) is 14.7. The summed E-state index contributed by atoms with van der Waals surface area (Å²) in [5.74, 6) is 0.722. The number of amides is 2. The third kappa shape index (κ3) is 3.21. The summed E-state index contributed by atoms with van der Waals surface area (Å²) in [7, 11) is 0. The highest BCUT2D eigenvalue weighted by atomic mass is 32.1. The number of hydrogen-bond donors (Lipinski definition) is 1. The quantitative estimate of drug-likeness (QED) is 0.948. The molecule has 0 radical (unpaired) electrons. The van der Waals surface area contributed by atoms with Gasteiger partial charge in [-0.15, -0.1) is 11.3 Å². The van der Waals surface area contributed by atoms with E-state index in [1.807, 2.05) is 24.0 Å². The van der Waals surface area contributed by atoms with Gasteiger partial charge in [-0.2, -0.15) is 0 Å². The Labute approximate surface area is 128 Å². The molecule has 1 aliphatic heterocycles. The molecule has 0 aliphatic carbocycles. The van der Waals surface area contributed by atoms with Gasteiger partial charge in [-0.3, -0.25) is 0 Å². The maximum atomic E-state index is 12.4. The molecule has 1 unspecified atom stereocenters. The molecule has 0 aromatic carbocycles. The van der Waals surface area contributed by atoms with E-state index in [0.717, 1.165) is 30.9 Å². The first-order valence-electron chi connectivity index (χ1n) is 7.10. The summed E-state index contributed by atoms with van der Waals surface area (Å²) in [6.45, 7) is 3.10. The van der Waals surface area contributed by atoms with Crippen LogP contribution in [0.25, 0.3) is 0 Å². The van der Waals surface area contributed by atoms with Crippen molar-refractivity contribution in [3.63, 3.8) is 0 Å². The number of nitrogens with one attached hydrogen (secondary N) is 1. The van der Waals surface area contributed by atoms with Crippen molar-refractivity contribution >= 4 is 17.4 Å². The molecule has 1 N–H and O–H groups in total.